The van der Waals surface area contributed by atoms with Crippen molar-refractivity contribution < 1.29 is 4.79 Å². The van der Waals surface area contributed by atoms with Crippen molar-refractivity contribution in [2.24, 2.45) is 24.8 Å². The van der Waals surface area contributed by atoms with E-state index in [1.807, 2.05) is 32.3 Å². The third kappa shape index (κ3) is 5.00. The highest BCUT2D eigenvalue weighted by Gasteiger charge is 2.32. The van der Waals surface area contributed by atoms with Crippen molar-refractivity contribution >= 4 is 16.9 Å². The van der Waals surface area contributed by atoms with Gasteiger partial charge in [0.25, 0.3) is 5.56 Å². The molecule has 0 bridgehead atoms. The Labute approximate surface area is 191 Å². The quantitative estimate of drug-likeness (QED) is 0.730. The van der Waals surface area contributed by atoms with Crippen LogP contribution in [0.3, 0.4) is 0 Å². The molecule has 2 aliphatic carbocycles. The summed E-state index contributed by atoms with van der Waals surface area (Å²) in [4.78, 5) is 30.2. The summed E-state index contributed by atoms with van der Waals surface area (Å²) in [6.45, 7) is 7.25. The Morgan fingerprint density at radius 3 is 2.62 bits per heavy atom. The number of pyridine rings is 2. The van der Waals surface area contributed by atoms with Gasteiger partial charge >= 0.3 is 6.03 Å². The van der Waals surface area contributed by atoms with E-state index < -0.39 is 0 Å². The van der Waals surface area contributed by atoms with Crippen LogP contribution in [0.4, 0.5) is 4.79 Å². The van der Waals surface area contributed by atoms with Crippen molar-refractivity contribution in [3.05, 3.63) is 39.9 Å². The second kappa shape index (κ2) is 9.63. The van der Waals surface area contributed by atoms with Crippen molar-refractivity contribution in [2.45, 2.75) is 77.7 Å². The number of carbonyl (C=O) groups excluding carboxylic acids is 1. The van der Waals surface area contributed by atoms with Crippen LogP contribution in [-0.4, -0.2) is 28.2 Å². The fourth-order valence-corrected chi connectivity index (χ4v) is 5.65. The number of aryl methyl sites for hydroxylation is 2. The van der Waals surface area contributed by atoms with Gasteiger partial charge in [-0.15, -0.1) is 0 Å². The van der Waals surface area contributed by atoms with Gasteiger partial charge in [0, 0.05) is 42.5 Å². The zero-order valence-electron chi connectivity index (χ0n) is 20.0. The lowest BCUT2D eigenvalue weighted by atomic mass is 9.74. The fourth-order valence-electron chi connectivity index (χ4n) is 5.65. The molecule has 2 saturated carbocycles. The molecule has 0 aliphatic heterocycles. The van der Waals surface area contributed by atoms with Crippen LogP contribution in [0.25, 0.3) is 10.9 Å². The molecule has 3 atom stereocenters. The summed E-state index contributed by atoms with van der Waals surface area (Å²) in [5.41, 5.74) is 2.74. The summed E-state index contributed by atoms with van der Waals surface area (Å²) in [7, 11) is 1.84. The monoisotopic (exact) mass is 438 g/mol. The van der Waals surface area contributed by atoms with Crippen molar-refractivity contribution in [1.82, 2.24) is 20.2 Å². The summed E-state index contributed by atoms with van der Waals surface area (Å²) < 4.78 is 1.75. The molecule has 2 aromatic rings. The second-order valence-corrected chi connectivity index (χ2v) is 10.4. The molecule has 2 aliphatic rings. The van der Waals surface area contributed by atoms with E-state index in [4.69, 9.17) is 0 Å². The molecule has 2 aromatic heterocycles. The van der Waals surface area contributed by atoms with E-state index in [0.29, 0.717) is 11.8 Å². The van der Waals surface area contributed by atoms with Crippen LogP contribution in [-0.2, 0) is 7.05 Å². The topological polar surface area (TPSA) is 76.0 Å². The maximum Gasteiger partial charge on any atom is 0.315 e. The molecular formula is C26H38N4O2. The number of nitrogens with one attached hydrogen (secondary N) is 2. The molecule has 2 heterocycles. The standard InChI is InChI=1S/C26H38N4O2/c1-16-5-8-19(9-6-16)14-28-26(32)29-21-10-7-17(2)22(13-21)23-12-20-15-27-18(3)11-24(20)30(4)25(23)31/h11-12,15-17,19,21-22H,5-10,13-14H2,1-4H3,(H2,28,29,32). The minimum absolute atomic E-state index is 0.0620. The van der Waals surface area contributed by atoms with Crippen LogP contribution in [0.1, 0.15) is 76.0 Å². The molecule has 4 rings (SSSR count). The molecule has 2 N–H and O–H groups in total. The lowest BCUT2D eigenvalue weighted by Crippen LogP contribution is -2.46. The Morgan fingerprint density at radius 1 is 1.12 bits per heavy atom. The normalized spacial score (nSPS) is 28.4. The van der Waals surface area contributed by atoms with Gasteiger partial charge in [0.2, 0.25) is 0 Å². The Hall–Kier alpha value is -2.37. The Bertz CT molecular complexity index is 1020. The maximum absolute atomic E-state index is 13.2. The first kappa shape index (κ1) is 22.8. The highest BCUT2D eigenvalue weighted by molar-refractivity contribution is 5.79. The SMILES string of the molecule is Cc1cc2c(cn1)cc(C1CC(NC(=O)NCC3CCC(C)CC3)CCC1C)c(=O)n2C. The highest BCUT2D eigenvalue weighted by atomic mass is 16.2. The Morgan fingerprint density at radius 2 is 1.88 bits per heavy atom. The highest BCUT2D eigenvalue weighted by Crippen LogP contribution is 2.37. The first-order chi connectivity index (χ1) is 15.3. The predicted molar refractivity (Wildman–Crippen MR) is 129 cm³/mol. The zero-order valence-corrected chi connectivity index (χ0v) is 20.0. The molecule has 32 heavy (non-hydrogen) atoms. The van der Waals surface area contributed by atoms with E-state index in [1.165, 1.54) is 25.7 Å². The number of nitrogens with zero attached hydrogens (tertiary/aromatic N) is 2. The van der Waals surface area contributed by atoms with Gasteiger partial charge < -0.3 is 15.2 Å². The number of carbonyl (C=O) groups is 1. The summed E-state index contributed by atoms with van der Waals surface area (Å²) in [6, 6.07) is 4.02. The van der Waals surface area contributed by atoms with Crippen molar-refractivity contribution in [3.8, 4) is 0 Å². The lowest BCUT2D eigenvalue weighted by Gasteiger charge is -2.35. The van der Waals surface area contributed by atoms with Crippen molar-refractivity contribution in [2.75, 3.05) is 6.54 Å². The molecule has 0 saturated heterocycles. The molecule has 174 valence electrons. The van der Waals surface area contributed by atoms with Crippen LogP contribution in [0.5, 0.6) is 0 Å². The van der Waals surface area contributed by atoms with E-state index in [2.05, 4.69) is 29.5 Å². The number of fused-ring (bicyclic) bond motifs is 1. The second-order valence-electron chi connectivity index (χ2n) is 10.4. The van der Waals surface area contributed by atoms with Gasteiger partial charge in [-0.05, 0) is 74.8 Å². The number of aromatic nitrogens is 2. The van der Waals surface area contributed by atoms with Crippen LogP contribution in [0, 0.1) is 24.7 Å². The summed E-state index contributed by atoms with van der Waals surface area (Å²) in [5.74, 6) is 1.97. The van der Waals surface area contributed by atoms with E-state index in [0.717, 1.165) is 53.9 Å². The van der Waals surface area contributed by atoms with E-state index in [-0.39, 0.29) is 23.6 Å². The van der Waals surface area contributed by atoms with Gasteiger partial charge in [0.1, 0.15) is 0 Å². The number of hydrogen-bond acceptors (Lipinski definition) is 3. The van der Waals surface area contributed by atoms with E-state index in [9.17, 15) is 9.59 Å². The largest absolute Gasteiger partial charge is 0.338 e. The number of amides is 2. The summed E-state index contributed by atoms with van der Waals surface area (Å²) in [6.07, 6.45) is 9.59. The molecule has 6 nitrogen and oxygen atoms in total. The van der Waals surface area contributed by atoms with E-state index in [1.54, 1.807) is 4.57 Å². The third-order valence-electron chi connectivity index (χ3n) is 7.89. The van der Waals surface area contributed by atoms with Crippen molar-refractivity contribution in [1.29, 1.82) is 0 Å². The van der Waals surface area contributed by atoms with Crippen LogP contribution >= 0.6 is 0 Å². The van der Waals surface area contributed by atoms with Crippen LogP contribution in [0.2, 0.25) is 0 Å². The molecule has 0 aromatic carbocycles. The average Bonchev–Trinajstić information content (AvgIpc) is 2.78. The van der Waals surface area contributed by atoms with Gasteiger partial charge in [-0.3, -0.25) is 9.78 Å². The number of rotatable bonds is 4. The van der Waals surface area contributed by atoms with Crippen LogP contribution in [0.15, 0.2) is 23.1 Å². The Balaban J connectivity index is 1.42. The average molecular weight is 439 g/mol. The molecule has 0 spiro atoms. The van der Waals surface area contributed by atoms with Gasteiger partial charge in [-0.1, -0.05) is 26.7 Å². The smallest absolute Gasteiger partial charge is 0.315 e. The molecule has 6 heteroatoms. The van der Waals surface area contributed by atoms with Gasteiger partial charge in [0.15, 0.2) is 0 Å². The number of urea groups is 1. The van der Waals surface area contributed by atoms with Crippen LogP contribution < -0.4 is 16.2 Å². The summed E-state index contributed by atoms with van der Waals surface area (Å²) in [5, 5.41) is 7.30. The summed E-state index contributed by atoms with van der Waals surface area (Å²) >= 11 is 0. The third-order valence-corrected chi connectivity index (χ3v) is 7.89. The fraction of sp³-hybridized carbons (Fsp3) is 0.654. The first-order valence-corrected chi connectivity index (χ1v) is 12.3. The molecule has 3 unspecified atom stereocenters. The molecule has 2 amide bonds. The van der Waals surface area contributed by atoms with Gasteiger partial charge in [-0.2, -0.15) is 0 Å². The maximum atomic E-state index is 13.2. The predicted octanol–water partition coefficient (Wildman–Crippen LogP) is 4.64. The van der Waals surface area contributed by atoms with E-state index >= 15 is 0 Å². The lowest BCUT2D eigenvalue weighted by molar-refractivity contribution is 0.216. The number of hydrogen-bond donors (Lipinski definition) is 2. The first-order valence-electron chi connectivity index (χ1n) is 12.3. The molecule has 0 radical (unpaired) electrons. The minimum Gasteiger partial charge on any atom is -0.338 e. The van der Waals surface area contributed by atoms with Crippen molar-refractivity contribution in [3.63, 3.8) is 0 Å². The van der Waals surface area contributed by atoms with Gasteiger partial charge in [-0.25, -0.2) is 4.79 Å². The van der Waals surface area contributed by atoms with Gasteiger partial charge in [0.05, 0.1) is 5.52 Å². The molecule has 2 fully saturated rings. The molecular weight excluding hydrogens is 400 g/mol. The minimum atomic E-state index is -0.0620. The zero-order chi connectivity index (χ0) is 22.8. The Kier molecular flexibility index (Phi) is 6.87.